The lowest BCUT2D eigenvalue weighted by molar-refractivity contribution is -0.141. The highest BCUT2D eigenvalue weighted by Crippen LogP contribution is 2.11. The number of amides is 1. The number of aliphatic carboxylic acids is 1. The predicted molar refractivity (Wildman–Crippen MR) is 55.5 cm³/mol. The normalized spacial score (nSPS) is 12.1. The maximum Gasteiger partial charge on any atom is 0.325 e. The highest BCUT2D eigenvalue weighted by Gasteiger charge is 2.14. The van der Waals surface area contributed by atoms with Crippen LogP contribution in [-0.2, 0) is 16.0 Å². The van der Waals surface area contributed by atoms with Crippen molar-refractivity contribution in [1.82, 2.24) is 10.3 Å². The van der Waals surface area contributed by atoms with Crippen molar-refractivity contribution in [1.29, 1.82) is 0 Å². The number of hydrogen-bond donors (Lipinski definition) is 3. The smallest absolute Gasteiger partial charge is 0.325 e. The van der Waals surface area contributed by atoms with Crippen molar-refractivity contribution >= 4 is 28.3 Å². The number of aromatic nitrogens is 1. The van der Waals surface area contributed by atoms with E-state index in [-0.39, 0.29) is 12.3 Å². The molecule has 1 aromatic rings. The van der Waals surface area contributed by atoms with Gasteiger partial charge in [0.15, 0.2) is 5.13 Å². The Morgan fingerprint density at radius 1 is 1.73 bits per heavy atom. The van der Waals surface area contributed by atoms with Gasteiger partial charge in [-0.05, 0) is 6.92 Å². The number of carbonyl (C=O) groups excluding carboxylic acids is 1. The fourth-order valence-electron chi connectivity index (χ4n) is 0.923. The van der Waals surface area contributed by atoms with E-state index >= 15 is 0 Å². The van der Waals surface area contributed by atoms with Gasteiger partial charge >= 0.3 is 5.97 Å². The minimum atomic E-state index is -1.07. The van der Waals surface area contributed by atoms with Crippen LogP contribution >= 0.6 is 11.3 Å². The Labute approximate surface area is 90.1 Å². The van der Waals surface area contributed by atoms with Gasteiger partial charge in [-0.25, -0.2) is 4.98 Å². The number of nitrogens with one attached hydrogen (secondary N) is 1. The Hall–Kier alpha value is -1.63. The van der Waals surface area contributed by atoms with Crippen LogP contribution in [0, 0.1) is 0 Å². The monoisotopic (exact) mass is 229 g/mol. The Bertz CT molecular complexity index is 377. The maximum absolute atomic E-state index is 11.3. The number of carbonyl (C=O) groups is 2. The van der Waals surface area contributed by atoms with Gasteiger partial charge in [0, 0.05) is 5.38 Å². The lowest BCUT2D eigenvalue weighted by atomic mass is 10.3. The molecule has 0 saturated heterocycles. The molecule has 0 saturated carbocycles. The standard InChI is InChI=1S/C8H11N3O3S/c1-4(7(13)14)10-6(12)2-5-3-15-8(9)11-5/h3-4H,2H2,1H3,(H2,9,11)(H,10,12)(H,13,14). The predicted octanol–water partition coefficient (Wildman–Crippen LogP) is -0.143. The fraction of sp³-hybridized carbons (Fsp3) is 0.375. The van der Waals surface area contributed by atoms with Crippen LogP contribution in [0.4, 0.5) is 5.13 Å². The molecule has 0 aliphatic heterocycles. The molecule has 4 N–H and O–H groups in total. The molecular weight excluding hydrogens is 218 g/mol. The number of nitrogens with two attached hydrogens (primary N) is 1. The van der Waals surface area contributed by atoms with Crippen LogP contribution in [0.2, 0.25) is 0 Å². The van der Waals surface area contributed by atoms with E-state index in [9.17, 15) is 9.59 Å². The summed E-state index contributed by atoms with van der Waals surface area (Å²) in [6.07, 6.45) is 0.0469. The third kappa shape index (κ3) is 3.55. The van der Waals surface area contributed by atoms with Crippen LogP contribution < -0.4 is 11.1 Å². The lowest BCUT2D eigenvalue weighted by Gasteiger charge is -2.07. The number of hydrogen-bond acceptors (Lipinski definition) is 5. The Balaban J connectivity index is 2.46. The minimum Gasteiger partial charge on any atom is -0.480 e. The summed E-state index contributed by atoms with van der Waals surface area (Å²) in [5.74, 6) is -1.45. The molecule has 0 aliphatic carbocycles. The summed E-state index contributed by atoms with van der Waals surface area (Å²) in [5.41, 5.74) is 5.93. The highest BCUT2D eigenvalue weighted by atomic mass is 32.1. The van der Waals surface area contributed by atoms with Gasteiger partial charge in [-0.2, -0.15) is 0 Å². The van der Waals surface area contributed by atoms with Crippen LogP contribution in [0.5, 0.6) is 0 Å². The molecule has 0 bridgehead atoms. The van der Waals surface area contributed by atoms with Crippen LogP contribution in [0.3, 0.4) is 0 Å². The van der Waals surface area contributed by atoms with Crippen molar-refractivity contribution in [3.05, 3.63) is 11.1 Å². The SMILES string of the molecule is CC(NC(=O)Cc1csc(N)n1)C(=O)O. The Kier molecular flexibility index (Phi) is 3.62. The average Bonchev–Trinajstić information content (AvgIpc) is 2.50. The van der Waals surface area contributed by atoms with Crippen LogP contribution in [0.15, 0.2) is 5.38 Å². The Morgan fingerprint density at radius 2 is 2.40 bits per heavy atom. The van der Waals surface area contributed by atoms with Gasteiger partial charge < -0.3 is 16.2 Å². The van der Waals surface area contributed by atoms with Crippen molar-refractivity contribution in [2.24, 2.45) is 0 Å². The summed E-state index contributed by atoms with van der Waals surface area (Å²) in [4.78, 5) is 25.6. The summed E-state index contributed by atoms with van der Waals surface area (Å²) in [6, 6.07) is -0.895. The second-order valence-electron chi connectivity index (χ2n) is 2.98. The molecule has 1 amide bonds. The first kappa shape index (κ1) is 11.4. The van der Waals surface area contributed by atoms with Crippen molar-refractivity contribution in [3.8, 4) is 0 Å². The summed E-state index contributed by atoms with van der Waals surface area (Å²) < 4.78 is 0. The molecule has 82 valence electrons. The van der Waals surface area contributed by atoms with E-state index < -0.39 is 12.0 Å². The van der Waals surface area contributed by atoms with Crippen LogP contribution in [0.1, 0.15) is 12.6 Å². The van der Waals surface area contributed by atoms with E-state index in [1.54, 1.807) is 5.38 Å². The molecule has 0 radical (unpaired) electrons. The maximum atomic E-state index is 11.3. The average molecular weight is 229 g/mol. The summed E-state index contributed by atoms with van der Waals surface area (Å²) in [7, 11) is 0. The van der Waals surface area contributed by atoms with E-state index in [2.05, 4.69) is 10.3 Å². The first-order chi connectivity index (χ1) is 6.99. The number of anilines is 1. The quantitative estimate of drug-likeness (QED) is 0.666. The van der Waals surface area contributed by atoms with Crippen LogP contribution in [0.25, 0.3) is 0 Å². The number of nitrogen functional groups attached to an aromatic ring is 1. The van der Waals surface area contributed by atoms with Gasteiger partial charge in [0.25, 0.3) is 0 Å². The van der Waals surface area contributed by atoms with Gasteiger partial charge in [-0.15, -0.1) is 11.3 Å². The van der Waals surface area contributed by atoms with E-state index in [0.717, 1.165) is 0 Å². The molecule has 0 fully saturated rings. The number of carboxylic acids is 1. The summed E-state index contributed by atoms with van der Waals surface area (Å²) >= 11 is 1.24. The van der Waals surface area contributed by atoms with Crippen molar-refractivity contribution in [3.63, 3.8) is 0 Å². The second-order valence-corrected chi connectivity index (χ2v) is 3.87. The fourth-order valence-corrected chi connectivity index (χ4v) is 1.49. The molecule has 7 heteroatoms. The van der Waals surface area contributed by atoms with Crippen LogP contribution in [-0.4, -0.2) is 28.0 Å². The van der Waals surface area contributed by atoms with E-state index in [4.69, 9.17) is 10.8 Å². The van der Waals surface area contributed by atoms with Gasteiger partial charge in [-0.1, -0.05) is 0 Å². The van der Waals surface area contributed by atoms with Gasteiger partial charge in [0.2, 0.25) is 5.91 Å². The minimum absolute atomic E-state index is 0.0469. The van der Waals surface area contributed by atoms with E-state index in [0.29, 0.717) is 10.8 Å². The van der Waals surface area contributed by atoms with Gasteiger partial charge in [0.05, 0.1) is 12.1 Å². The van der Waals surface area contributed by atoms with Gasteiger partial charge in [-0.3, -0.25) is 9.59 Å². The topological polar surface area (TPSA) is 105 Å². The Morgan fingerprint density at radius 3 is 2.87 bits per heavy atom. The number of nitrogens with zero attached hydrogens (tertiary/aromatic N) is 1. The highest BCUT2D eigenvalue weighted by molar-refractivity contribution is 7.13. The van der Waals surface area contributed by atoms with E-state index in [1.807, 2.05) is 0 Å². The number of thiazole rings is 1. The lowest BCUT2D eigenvalue weighted by Crippen LogP contribution is -2.39. The first-order valence-corrected chi connectivity index (χ1v) is 5.09. The van der Waals surface area contributed by atoms with Gasteiger partial charge in [0.1, 0.15) is 6.04 Å². The molecule has 1 atom stereocenters. The van der Waals surface area contributed by atoms with Crippen molar-refractivity contribution < 1.29 is 14.7 Å². The van der Waals surface area contributed by atoms with E-state index in [1.165, 1.54) is 18.3 Å². The summed E-state index contributed by atoms with van der Waals surface area (Å²) in [5, 5.41) is 12.9. The molecule has 1 unspecified atom stereocenters. The zero-order chi connectivity index (χ0) is 11.4. The molecule has 0 aromatic carbocycles. The van der Waals surface area contributed by atoms with Crippen molar-refractivity contribution in [2.45, 2.75) is 19.4 Å². The zero-order valence-corrected chi connectivity index (χ0v) is 8.87. The molecule has 1 heterocycles. The molecule has 0 spiro atoms. The molecule has 1 aromatic heterocycles. The third-order valence-electron chi connectivity index (χ3n) is 1.66. The number of rotatable bonds is 4. The van der Waals surface area contributed by atoms with Crippen molar-refractivity contribution in [2.75, 3.05) is 5.73 Å². The number of carboxylic acid groups (broad SMARTS) is 1. The molecule has 6 nitrogen and oxygen atoms in total. The molecule has 15 heavy (non-hydrogen) atoms. The largest absolute Gasteiger partial charge is 0.480 e. The second kappa shape index (κ2) is 4.74. The molecule has 0 aliphatic rings. The first-order valence-electron chi connectivity index (χ1n) is 4.21. The zero-order valence-electron chi connectivity index (χ0n) is 8.06. The molecule has 1 rings (SSSR count). The molecular formula is C8H11N3O3S. The third-order valence-corrected chi connectivity index (χ3v) is 2.38. The summed E-state index contributed by atoms with van der Waals surface area (Å²) in [6.45, 7) is 1.40.